The number of hydrogen-bond acceptors (Lipinski definition) is 3. The third-order valence-corrected chi connectivity index (χ3v) is 4.67. The van der Waals surface area contributed by atoms with Crippen molar-refractivity contribution in [2.75, 3.05) is 0 Å². The number of nitrogens with zero attached hydrogens (tertiary/aromatic N) is 3. The molecule has 3 aromatic rings. The zero-order valence-corrected chi connectivity index (χ0v) is 17.0. The van der Waals surface area contributed by atoms with Gasteiger partial charge in [0.2, 0.25) is 0 Å². The van der Waals surface area contributed by atoms with Gasteiger partial charge >= 0.3 is 0 Å². The lowest BCUT2D eigenvalue weighted by Crippen LogP contribution is -2.31. The Morgan fingerprint density at radius 1 is 1.19 bits per heavy atom. The van der Waals surface area contributed by atoms with Gasteiger partial charge in [0, 0.05) is 12.7 Å². The summed E-state index contributed by atoms with van der Waals surface area (Å²) in [5.41, 5.74) is 4.20. The average molecular weight is 364 g/mol. The standard InChI is InChI=1S/C22H28N4O/c1-14-12-17(19-15(2)25-26(6)20(19)23-14)21(27)24-18(13-22(3,4)5)16-10-8-7-9-11-16/h7-12,18H,13H2,1-6H3,(H,24,27). The van der Waals surface area contributed by atoms with Crippen LogP contribution in [0.4, 0.5) is 0 Å². The second-order valence-electron chi connectivity index (χ2n) is 8.42. The highest BCUT2D eigenvalue weighted by molar-refractivity contribution is 6.06. The summed E-state index contributed by atoms with van der Waals surface area (Å²) in [6.07, 6.45) is 0.849. The molecule has 0 fully saturated rings. The van der Waals surface area contributed by atoms with Crippen molar-refractivity contribution in [1.29, 1.82) is 0 Å². The third kappa shape index (κ3) is 4.18. The molecule has 0 radical (unpaired) electrons. The van der Waals surface area contributed by atoms with Crippen LogP contribution in [0.15, 0.2) is 36.4 Å². The molecule has 5 heteroatoms. The molecule has 142 valence electrons. The molecule has 2 aromatic heterocycles. The summed E-state index contributed by atoms with van der Waals surface area (Å²) in [7, 11) is 1.86. The summed E-state index contributed by atoms with van der Waals surface area (Å²) in [5.74, 6) is -0.0836. The Morgan fingerprint density at radius 2 is 1.85 bits per heavy atom. The van der Waals surface area contributed by atoms with Gasteiger partial charge in [-0.2, -0.15) is 5.10 Å². The van der Waals surface area contributed by atoms with Gasteiger partial charge in [-0.05, 0) is 37.3 Å². The Balaban J connectivity index is 2.00. The van der Waals surface area contributed by atoms with E-state index >= 15 is 0 Å². The largest absolute Gasteiger partial charge is 0.345 e. The van der Waals surface area contributed by atoms with Gasteiger partial charge < -0.3 is 5.32 Å². The number of nitrogens with one attached hydrogen (secondary N) is 1. The van der Waals surface area contributed by atoms with Crippen LogP contribution in [0.3, 0.4) is 0 Å². The molecule has 0 aliphatic heterocycles. The first-order chi connectivity index (χ1) is 12.7. The fraction of sp³-hybridized carbons (Fsp3) is 0.409. The molecule has 1 unspecified atom stereocenters. The molecule has 1 aromatic carbocycles. The van der Waals surface area contributed by atoms with Crippen molar-refractivity contribution in [3.8, 4) is 0 Å². The lowest BCUT2D eigenvalue weighted by molar-refractivity contribution is 0.0928. The van der Waals surface area contributed by atoms with Crippen LogP contribution in [0.2, 0.25) is 0 Å². The highest BCUT2D eigenvalue weighted by Gasteiger charge is 2.24. The smallest absolute Gasteiger partial charge is 0.252 e. The minimum Gasteiger partial charge on any atom is -0.345 e. The van der Waals surface area contributed by atoms with Crippen LogP contribution in [0.1, 0.15) is 60.5 Å². The SMILES string of the molecule is Cc1cc(C(=O)NC(CC(C)(C)C)c2ccccc2)c2c(C)nn(C)c2n1. The zero-order valence-electron chi connectivity index (χ0n) is 17.0. The molecular formula is C22H28N4O. The van der Waals surface area contributed by atoms with Crippen LogP contribution in [0.5, 0.6) is 0 Å². The summed E-state index contributed by atoms with van der Waals surface area (Å²) in [5, 5.41) is 8.53. The molecule has 0 bridgehead atoms. The Hall–Kier alpha value is -2.69. The van der Waals surface area contributed by atoms with E-state index < -0.39 is 0 Å². The molecule has 0 spiro atoms. The normalized spacial score (nSPS) is 13.0. The van der Waals surface area contributed by atoms with Gasteiger partial charge in [0.25, 0.3) is 5.91 Å². The summed E-state index contributed by atoms with van der Waals surface area (Å²) in [6, 6.07) is 12.0. The van der Waals surface area contributed by atoms with Crippen molar-refractivity contribution < 1.29 is 4.79 Å². The zero-order chi connectivity index (χ0) is 19.8. The predicted molar refractivity (Wildman–Crippen MR) is 109 cm³/mol. The summed E-state index contributed by atoms with van der Waals surface area (Å²) >= 11 is 0. The Kier molecular flexibility index (Phi) is 5.05. The first kappa shape index (κ1) is 19.1. The maximum Gasteiger partial charge on any atom is 0.252 e. The van der Waals surface area contributed by atoms with Gasteiger partial charge in [0.15, 0.2) is 5.65 Å². The average Bonchev–Trinajstić information content (AvgIpc) is 2.87. The van der Waals surface area contributed by atoms with Crippen molar-refractivity contribution in [2.45, 2.75) is 47.1 Å². The van der Waals surface area contributed by atoms with Crippen molar-refractivity contribution in [3.63, 3.8) is 0 Å². The minimum atomic E-state index is -0.0836. The second kappa shape index (κ2) is 7.14. The molecule has 0 aliphatic rings. The van der Waals surface area contributed by atoms with E-state index in [0.717, 1.165) is 34.4 Å². The maximum absolute atomic E-state index is 13.3. The minimum absolute atomic E-state index is 0.0563. The number of hydrogen-bond donors (Lipinski definition) is 1. The number of amides is 1. The van der Waals surface area contributed by atoms with E-state index in [1.165, 1.54) is 0 Å². The van der Waals surface area contributed by atoms with Crippen molar-refractivity contribution in [3.05, 3.63) is 58.9 Å². The number of carbonyl (C=O) groups is 1. The Morgan fingerprint density at radius 3 is 2.48 bits per heavy atom. The van der Waals surface area contributed by atoms with E-state index in [0.29, 0.717) is 5.56 Å². The highest BCUT2D eigenvalue weighted by Crippen LogP contribution is 2.30. The lowest BCUT2D eigenvalue weighted by atomic mass is 9.85. The topological polar surface area (TPSA) is 59.8 Å². The molecule has 0 saturated heterocycles. The molecule has 0 aliphatic carbocycles. The van der Waals surface area contributed by atoms with Gasteiger partial charge in [-0.3, -0.25) is 9.48 Å². The number of aryl methyl sites for hydroxylation is 3. The van der Waals surface area contributed by atoms with E-state index in [9.17, 15) is 4.79 Å². The first-order valence-corrected chi connectivity index (χ1v) is 9.32. The van der Waals surface area contributed by atoms with E-state index in [1.54, 1.807) is 4.68 Å². The Bertz CT molecular complexity index is 967. The van der Waals surface area contributed by atoms with Crippen molar-refractivity contribution in [1.82, 2.24) is 20.1 Å². The molecule has 1 amide bonds. The number of rotatable bonds is 4. The molecule has 0 saturated carbocycles. The second-order valence-corrected chi connectivity index (χ2v) is 8.42. The Labute approximate surface area is 160 Å². The van der Waals surface area contributed by atoms with E-state index in [2.05, 4.69) is 48.3 Å². The monoisotopic (exact) mass is 364 g/mol. The quantitative estimate of drug-likeness (QED) is 0.742. The van der Waals surface area contributed by atoms with E-state index in [1.807, 2.05) is 45.2 Å². The first-order valence-electron chi connectivity index (χ1n) is 9.32. The number of pyridine rings is 1. The van der Waals surface area contributed by atoms with Crippen molar-refractivity contribution >= 4 is 16.9 Å². The van der Waals surface area contributed by atoms with Crippen LogP contribution in [-0.4, -0.2) is 20.7 Å². The third-order valence-electron chi connectivity index (χ3n) is 4.67. The van der Waals surface area contributed by atoms with Gasteiger partial charge in [0.1, 0.15) is 0 Å². The van der Waals surface area contributed by atoms with Gasteiger partial charge in [0.05, 0.1) is 22.7 Å². The van der Waals surface area contributed by atoms with Crippen LogP contribution < -0.4 is 5.32 Å². The van der Waals surface area contributed by atoms with Crippen LogP contribution in [0.25, 0.3) is 11.0 Å². The maximum atomic E-state index is 13.3. The molecule has 1 atom stereocenters. The van der Waals surface area contributed by atoms with Gasteiger partial charge in [-0.25, -0.2) is 4.98 Å². The molecule has 3 rings (SSSR count). The fourth-order valence-corrected chi connectivity index (χ4v) is 3.53. The lowest BCUT2D eigenvalue weighted by Gasteiger charge is -2.27. The van der Waals surface area contributed by atoms with Gasteiger partial charge in [-0.15, -0.1) is 0 Å². The number of carbonyl (C=O) groups excluding carboxylic acids is 1. The van der Waals surface area contributed by atoms with Crippen molar-refractivity contribution in [2.24, 2.45) is 12.5 Å². The van der Waals surface area contributed by atoms with Gasteiger partial charge in [-0.1, -0.05) is 51.1 Å². The molecular weight excluding hydrogens is 336 g/mol. The molecule has 1 N–H and O–H groups in total. The predicted octanol–water partition coefficient (Wildman–Crippen LogP) is 4.49. The molecule has 2 heterocycles. The van der Waals surface area contributed by atoms with E-state index in [-0.39, 0.29) is 17.4 Å². The fourth-order valence-electron chi connectivity index (χ4n) is 3.53. The number of fused-ring (bicyclic) bond motifs is 1. The van der Waals surface area contributed by atoms with Crippen LogP contribution >= 0.6 is 0 Å². The summed E-state index contributed by atoms with van der Waals surface area (Å²) in [4.78, 5) is 17.8. The molecule has 5 nitrogen and oxygen atoms in total. The summed E-state index contributed by atoms with van der Waals surface area (Å²) < 4.78 is 1.73. The number of benzene rings is 1. The summed E-state index contributed by atoms with van der Waals surface area (Å²) in [6.45, 7) is 10.4. The number of aromatic nitrogens is 3. The van der Waals surface area contributed by atoms with E-state index in [4.69, 9.17) is 0 Å². The molecule has 27 heavy (non-hydrogen) atoms. The van der Waals surface area contributed by atoms with Crippen LogP contribution in [0, 0.1) is 19.3 Å². The highest BCUT2D eigenvalue weighted by atomic mass is 16.1. The van der Waals surface area contributed by atoms with Crippen LogP contribution in [-0.2, 0) is 7.05 Å².